The van der Waals surface area contributed by atoms with E-state index in [1.165, 1.54) is 31.7 Å². The highest BCUT2D eigenvalue weighted by molar-refractivity contribution is 5.65. The predicted molar refractivity (Wildman–Crippen MR) is 81.4 cm³/mol. The van der Waals surface area contributed by atoms with Gasteiger partial charge in [-0.1, -0.05) is 24.3 Å². The minimum atomic E-state index is -0.246. The van der Waals surface area contributed by atoms with Gasteiger partial charge in [0.2, 0.25) is 0 Å². The van der Waals surface area contributed by atoms with Crippen molar-refractivity contribution < 1.29 is 9.53 Å². The van der Waals surface area contributed by atoms with E-state index in [2.05, 4.69) is 27.8 Å². The molecule has 0 N–H and O–H groups in total. The molecule has 4 nitrogen and oxygen atoms in total. The van der Waals surface area contributed by atoms with Crippen LogP contribution < -0.4 is 0 Å². The molecule has 0 spiro atoms. The summed E-state index contributed by atoms with van der Waals surface area (Å²) < 4.78 is 4.86. The van der Waals surface area contributed by atoms with Gasteiger partial charge in [0.1, 0.15) is 6.61 Å². The van der Waals surface area contributed by atoms with Crippen molar-refractivity contribution in [2.75, 3.05) is 19.7 Å². The first-order chi connectivity index (χ1) is 10.3. The number of aromatic nitrogens is 1. The Kier molecular flexibility index (Phi) is 6.23. The number of ether oxygens (including phenoxy) is 1. The molecule has 112 valence electrons. The molecule has 0 amide bonds. The molecule has 1 fully saturated rings. The SMILES string of the molecule is CC(=O)OCCC#CCN1CCCC[C@@H]1c1cccnc1. The first-order valence-corrected chi connectivity index (χ1v) is 7.50. The van der Waals surface area contributed by atoms with Crippen LogP contribution in [0.15, 0.2) is 24.5 Å². The van der Waals surface area contributed by atoms with Gasteiger partial charge in [-0.3, -0.25) is 14.7 Å². The van der Waals surface area contributed by atoms with Gasteiger partial charge in [-0.05, 0) is 31.0 Å². The molecule has 1 aliphatic rings. The lowest BCUT2D eigenvalue weighted by atomic mass is 9.96. The number of likely N-dealkylation sites (tertiary alicyclic amines) is 1. The zero-order valence-corrected chi connectivity index (χ0v) is 12.5. The topological polar surface area (TPSA) is 42.4 Å². The molecule has 2 heterocycles. The molecule has 0 radical (unpaired) electrons. The van der Waals surface area contributed by atoms with E-state index in [1.54, 1.807) is 0 Å². The van der Waals surface area contributed by atoms with E-state index in [9.17, 15) is 4.79 Å². The fourth-order valence-corrected chi connectivity index (χ4v) is 2.62. The quantitative estimate of drug-likeness (QED) is 0.485. The minimum Gasteiger partial charge on any atom is -0.465 e. The summed E-state index contributed by atoms with van der Waals surface area (Å²) >= 11 is 0. The van der Waals surface area contributed by atoms with Crippen LogP contribution in [0.3, 0.4) is 0 Å². The third-order valence-electron chi connectivity index (χ3n) is 3.62. The largest absolute Gasteiger partial charge is 0.465 e. The number of carbonyl (C=O) groups is 1. The van der Waals surface area contributed by atoms with E-state index in [0.29, 0.717) is 19.1 Å². The predicted octanol–water partition coefficient (Wildman–Crippen LogP) is 2.57. The van der Waals surface area contributed by atoms with Gasteiger partial charge in [-0.25, -0.2) is 0 Å². The van der Waals surface area contributed by atoms with E-state index in [0.717, 1.165) is 13.1 Å². The summed E-state index contributed by atoms with van der Waals surface area (Å²) in [6, 6.07) is 4.56. The summed E-state index contributed by atoms with van der Waals surface area (Å²) in [4.78, 5) is 17.3. The Morgan fingerprint density at radius 2 is 2.38 bits per heavy atom. The number of esters is 1. The lowest BCUT2D eigenvalue weighted by molar-refractivity contribution is -0.140. The molecule has 1 aromatic rings. The zero-order valence-electron chi connectivity index (χ0n) is 12.5. The number of hydrogen-bond donors (Lipinski definition) is 0. The van der Waals surface area contributed by atoms with Crippen molar-refractivity contribution in [3.8, 4) is 11.8 Å². The van der Waals surface area contributed by atoms with Crippen LogP contribution in [-0.4, -0.2) is 35.5 Å². The van der Waals surface area contributed by atoms with Crippen molar-refractivity contribution in [2.24, 2.45) is 0 Å². The normalized spacial score (nSPS) is 18.6. The molecule has 0 aromatic carbocycles. The number of nitrogens with zero attached hydrogens (tertiary/aromatic N) is 2. The Morgan fingerprint density at radius 1 is 1.48 bits per heavy atom. The minimum absolute atomic E-state index is 0.246. The average molecular weight is 286 g/mol. The van der Waals surface area contributed by atoms with Gasteiger partial charge in [0.15, 0.2) is 0 Å². The van der Waals surface area contributed by atoms with Gasteiger partial charge in [-0.2, -0.15) is 0 Å². The van der Waals surface area contributed by atoms with Gasteiger partial charge in [0.25, 0.3) is 0 Å². The maximum absolute atomic E-state index is 10.6. The molecule has 1 atom stereocenters. The van der Waals surface area contributed by atoms with Crippen LogP contribution in [0.25, 0.3) is 0 Å². The summed E-state index contributed by atoms with van der Waals surface area (Å²) in [5.41, 5.74) is 1.28. The highest BCUT2D eigenvalue weighted by atomic mass is 16.5. The van der Waals surface area contributed by atoms with Crippen LogP contribution >= 0.6 is 0 Å². The molecule has 0 saturated carbocycles. The van der Waals surface area contributed by atoms with Crippen molar-refractivity contribution in [1.29, 1.82) is 0 Å². The number of rotatable bonds is 4. The molecular formula is C17H22N2O2. The van der Waals surface area contributed by atoms with Crippen molar-refractivity contribution >= 4 is 5.97 Å². The maximum atomic E-state index is 10.6. The fourth-order valence-electron chi connectivity index (χ4n) is 2.62. The van der Waals surface area contributed by atoms with Crippen LogP contribution in [-0.2, 0) is 9.53 Å². The van der Waals surface area contributed by atoms with Crippen LogP contribution in [0.2, 0.25) is 0 Å². The van der Waals surface area contributed by atoms with E-state index in [4.69, 9.17) is 4.74 Å². The number of piperidine rings is 1. The molecule has 0 unspecified atom stereocenters. The number of pyridine rings is 1. The molecule has 2 rings (SSSR count). The standard InChI is InChI=1S/C17H22N2O2/c1-15(20)21-13-6-2-4-11-19-12-5-3-9-17(19)16-8-7-10-18-14-16/h7-8,10,14,17H,3,5-6,9,11-13H2,1H3/t17-/m1/s1. The van der Waals surface area contributed by atoms with Crippen molar-refractivity contribution in [3.63, 3.8) is 0 Å². The Labute approximate surface area is 126 Å². The molecule has 1 saturated heterocycles. The van der Waals surface area contributed by atoms with E-state index in [-0.39, 0.29) is 5.97 Å². The van der Waals surface area contributed by atoms with Crippen LogP contribution in [0, 0.1) is 11.8 Å². The van der Waals surface area contributed by atoms with Gasteiger partial charge in [0.05, 0.1) is 6.54 Å². The van der Waals surface area contributed by atoms with Crippen molar-refractivity contribution in [2.45, 2.75) is 38.6 Å². The fraction of sp³-hybridized carbons (Fsp3) is 0.529. The van der Waals surface area contributed by atoms with E-state index in [1.807, 2.05) is 18.5 Å². The highest BCUT2D eigenvalue weighted by Gasteiger charge is 2.22. The Hall–Kier alpha value is -1.86. The maximum Gasteiger partial charge on any atom is 0.302 e. The van der Waals surface area contributed by atoms with Gasteiger partial charge in [-0.15, -0.1) is 0 Å². The lowest BCUT2D eigenvalue weighted by Crippen LogP contribution is -2.33. The van der Waals surface area contributed by atoms with Crippen LogP contribution in [0.1, 0.15) is 44.2 Å². The third kappa shape index (κ3) is 5.20. The highest BCUT2D eigenvalue weighted by Crippen LogP contribution is 2.29. The zero-order chi connectivity index (χ0) is 14.9. The van der Waals surface area contributed by atoms with Gasteiger partial charge in [0, 0.05) is 31.8 Å². The second-order valence-corrected chi connectivity index (χ2v) is 5.21. The molecule has 21 heavy (non-hydrogen) atoms. The first-order valence-electron chi connectivity index (χ1n) is 7.50. The average Bonchev–Trinajstić information content (AvgIpc) is 2.52. The smallest absolute Gasteiger partial charge is 0.302 e. The Bertz CT molecular complexity index is 505. The monoisotopic (exact) mass is 286 g/mol. The molecule has 1 aliphatic heterocycles. The summed E-state index contributed by atoms with van der Waals surface area (Å²) in [7, 11) is 0. The Morgan fingerprint density at radius 3 is 3.14 bits per heavy atom. The Balaban J connectivity index is 1.85. The van der Waals surface area contributed by atoms with Crippen LogP contribution in [0.5, 0.6) is 0 Å². The molecular weight excluding hydrogens is 264 g/mol. The second kappa shape index (κ2) is 8.43. The molecule has 0 aliphatic carbocycles. The first kappa shape index (κ1) is 15.5. The van der Waals surface area contributed by atoms with Gasteiger partial charge >= 0.3 is 5.97 Å². The summed E-state index contributed by atoms with van der Waals surface area (Å²) in [5.74, 6) is 6.02. The molecule has 1 aromatic heterocycles. The van der Waals surface area contributed by atoms with Gasteiger partial charge < -0.3 is 4.74 Å². The van der Waals surface area contributed by atoms with Crippen LogP contribution in [0.4, 0.5) is 0 Å². The van der Waals surface area contributed by atoms with E-state index < -0.39 is 0 Å². The second-order valence-electron chi connectivity index (χ2n) is 5.21. The van der Waals surface area contributed by atoms with E-state index >= 15 is 0 Å². The van der Waals surface area contributed by atoms with Crippen molar-refractivity contribution in [1.82, 2.24) is 9.88 Å². The van der Waals surface area contributed by atoms with Crippen molar-refractivity contribution in [3.05, 3.63) is 30.1 Å². The third-order valence-corrected chi connectivity index (χ3v) is 3.62. The number of carbonyl (C=O) groups excluding carboxylic acids is 1. The summed E-state index contributed by atoms with van der Waals surface area (Å²) in [5, 5.41) is 0. The summed E-state index contributed by atoms with van der Waals surface area (Å²) in [6.07, 6.45) is 8.02. The lowest BCUT2D eigenvalue weighted by Gasteiger charge is -2.34. The molecule has 0 bridgehead atoms. The summed E-state index contributed by atoms with van der Waals surface area (Å²) in [6.45, 7) is 3.64. The number of hydrogen-bond acceptors (Lipinski definition) is 4. The molecule has 4 heteroatoms.